The number of hydrogen-bond donors (Lipinski definition) is 1. The number of aromatic amines is 1. The van der Waals surface area contributed by atoms with Gasteiger partial charge in [0.1, 0.15) is 16.5 Å². The maximum atomic E-state index is 13.1. The van der Waals surface area contributed by atoms with E-state index in [1.807, 2.05) is 0 Å². The number of halogens is 3. The minimum Gasteiger partial charge on any atom is -0.444 e. The highest BCUT2D eigenvalue weighted by Crippen LogP contribution is 2.37. The van der Waals surface area contributed by atoms with Crippen LogP contribution >= 0.6 is 0 Å². The number of hydrogen-bond acceptors (Lipinski definition) is 5. The number of sulfonamides is 1. The van der Waals surface area contributed by atoms with Crippen molar-refractivity contribution in [3.63, 3.8) is 0 Å². The van der Waals surface area contributed by atoms with Gasteiger partial charge in [-0.3, -0.25) is 0 Å². The van der Waals surface area contributed by atoms with Crippen molar-refractivity contribution in [2.24, 2.45) is 0 Å². The molecular weight excluding hydrogens is 461 g/mol. The van der Waals surface area contributed by atoms with E-state index in [0.29, 0.717) is 23.9 Å². The first-order chi connectivity index (χ1) is 15.3. The summed E-state index contributed by atoms with van der Waals surface area (Å²) in [6.07, 6.45) is -1.56. The SMILES string of the molecule is CC(C)(C)OC(=O)N1CC(S(=O)(=O)N2CCC(c3c[nH]c4ncc(C(F)(F)F)cc34)CC2)C1. The number of carbonyl (C=O) groups excluding carboxylic acids is 1. The third-order valence-electron chi connectivity index (χ3n) is 6.07. The quantitative estimate of drug-likeness (QED) is 0.711. The molecule has 182 valence electrons. The number of H-pyrrole nitrogens is 1. The Morgan fingerprint density at radius 1 is 1.18 bits per heavy atom. The molecule has 33 heavy (non-hydrogen) atoms. The van der Waals surface area contributed by atoms with Crippen LogP contribution < -0.4 is 0 Å². The van der Waals surface area contributed by atoms with Crippen LogP contribution in [0, 0.1) is 0 Å². The maximum absolute atomic E-state index is 13.1. The van der Waals surface area contributed by atoms with Gasteiger partial charge in [0, 0.05) is 44.0 Å². The van der Waals surface area contributed by atoms with Gasteiger partial charge in [0.05, 0.1) is 5.56 Å². The Balaban J connectivity index is 1.39. The van der Waals surface area contributed by atoms with Gasteiger partial charge in [-0.2, -0.15) is 13.2 Å². The molecule has 2 aromatic rings. The summed E-state index contributed by atoms with van der Waals surface area (Å²) in [7, 11) is -3.58. The number of nitrogens with zero attached hydrogens (tertiary/aromatic N) is 3. The molecule has 4 heterocycles. The Labute approximate surface area is 190 Å². The molecule has 0 aliphatic carbocycles. The summed E-state index contributed by atoms with van der Waals surface area (Å²) in [5.74, 6) is -0.0739. The molecule has 1 N–H and O–H groups in total. The van der Waals surface area contributed by atoms with Gasteiger partial charge >= 0.3 is 12.3 Å². The van der Waals surface area contributed by atoms with Crippen LogP contribution in [0.15, 0.2) is 18.5 Å². The number of likely N-dealkylation sites (tertiary alicyclic amines) is 1. The molecule has 0 bridgehead atoms. The average Bonchev–Trinajstić information content (AvgIpc) is 3.07. The molecule has 0 radical (unpaired) electrons. The van der Waals surface area contributed by atoms with Crippen molar-refractivity contribution in [1.29, 1.82) is 0 Å². The van der Waals surface area contributed by atoms with Gasteiger partial charge < -0.3 is 14.6 Å². The first-order valence-corrected chi connectivity index (χ1v) is 12.3. The fourth-order valence-corrected chi connectivity index (χ4v) is 6.13. The summed E-state index contributed by atoms with van der Waals surface area (Å²) in [5.41, 5.74) is -0.359. The summed E-state index contributed by atoms with van der Waals surface area (Å²) in [6.45, 7) is 5.96. The summed E-state index contributed by atoms with van der Waals surface area (Å²) in [6, 6.07) is 1.09. The number of amides is 1. The number of alkyl halides is 3. The molecule has 0 atom stereocenters. The van der Waals surface area contributed by atoms with Crippen LogP contribution in [0.2, 0.25) is 0 Å². The predicted octanol–water partition coefficient (Wildman–Crippen LogP) is 3.71. The largest absolute Gasteiger partial charge is 0.444 e. The van der Waals surface area contributed by atoms with Crippen LogP contribution in [0.1, 0.15) is 50.7 Å². The highest BCUT2D eigenvalue weighted by molar-refractivity contribution is 7.89. The summed E-state index contributed by atoms with van der Waals surface area (Å²) in [4.78, 5) is 20.2. The lowest BCUT2D eigenvalue weighted by Gasteiger charge is -2.42. The Bertz CT molecular complexity index is 1140. The molecular formula is C21H27F3N4O4S. The van der Waals surface area contributed by atoms with Crippen molar-refractivity contribution in [2.75, 3.05) is 26.2 Å². The molecule has 2 fully saturated rings. The molecule has 2 aliphatic rings. The van der Waals surface area contributed by atoms with Crippen molar-refractivity contribution >= 4 is 27.1 Å². The van der Waals surface area contributed by atoms with E-state index in [0.717, 1.165) is 17.8 Å². The molecule has 0 unspecified atom stereocenters. The maximum Gasteiger partial charge on any atom is 0.417 e. The van der Waals surface area contributed by atoms with Gasteiger partial charge in [-0.25, -0.2) is 22.5 Å². The van der Waals surface area contributed by atoms with Crippen LogP contribution in [0.3, 0.4) is 0 Å². The molecule has 1 amide bonds. The summed E-state index contributed by atoms with van der Waals surface area (Å²) in [5, 5.41) is -0.258. The van der Waals surface area contributed by atoms with Crippen LogP contribution in [0.5, 0.6) is 0 Å². The van der Waals surface area contributed by atoms with Crippen LogP contribution in [-0.4, -0.2) is 70.7 Å². The lowest BCUT2D eigenvalue weighted by molar-refractivity contribution is -0.137. The predicted molar refractivity (Wildman–Crippen MR) is 115 cm³/mol. The number of piperidine rings is 1. The van der Waals surface area contributed by atoms with Gasteiger partial charge in [-0.1, -0.05) is 0 Å². The number of fused-ring (bicyclic) bond motifs is 1. The average molecular weight is 489 g/mol. The second-order valence-electron chi connectivity index (χ2n) is 9.59. The van der Waals surface area contributed by atoms with Crippen LogP contribution in [-0.2, 0) is 20.9 Å². The molecule has 12 heteroatoms. The number of rotatable bonds is 3. The Morgan fingerprint density at radius 2 is 1.82 bits per heavy atom. The van der Waals surface area contributed by atoms with Crippen LogP contribution in [0.4, 0.5) is 18.0 Å². The van der Waals surface area contributed by atoms with Crippen molar-refractivity contribution in [1.82, 2.24) is 19.2 Å². The standard InChI is InChI=1S/C21H27F3N4O4S/c1-20(2,3)32-19(29)27-11-15(12-27)33(30,31)28-6-4-13(5-7-28)17-10-26-18-16(17)8-14(9-25-18)21(22,23)24/h8-10,13,15H,4-7,11-12H2,1-3H3,(H,25,26). The van der Waals surface area contributed by atoms with Gasteiger partial charge in [0.15, 0.2) is 0 Å². The second kappa shape index (κ2) is 8.15. The highest BCUT2D eigenvalue weighted by atomic mass is 32.2. The fourth-order valence-electron chi connectivity index (χ4n) is 4.25. The smallest absolute Gasteiger partial charge is 0.417 e. The minimum atomic E-state index is -4.48. The van der Waals surface area contributed by atoms with Crippen LogP contribution in [0.25, 0.3) is 11.0 Å². The van der Waals surface area contributed by atoms with Gasteiger partial charge in [0.2, 0.25) is 10.0 Å². The molecule has 0 aromatic carbocycles. The molecule has 4 rings (SSSR count). The summed E-state index contributed by atoms with van der Waals surface area (Å²) < 4.78 is 72.0. The molecule has 0 spiro atoms. The van der Waals surface area contributed by atoms with E-state index in [1.54, 1.807) is 27.0 Å². The topological polar surface area (TPSA) is 95.6 Å². The normalized spacial score (nSPS) is 19.6. The number of aromatic nitrogens is 2. The first-order valence-electron chi connectivity index (χ1n) is 10.8. The van der Waals surface area contributed by atoms with Crippen molar-refractivity contribution < 1.29 is 31.1 Å². The van der Waals surface area contributed by atoms with E-state index in [9.17, 15) is 26.4 Å². The number of carbonyl (C=O) groups is 1. The molecule has 8 nitrogen and oxygen atoms in total. The number of ether oxygens (including phenoxy) is 1. The number of nitrogens with one attached hydrogen (secondary N) is 1. The van der Waals surface area contributed by atoms with E-state index in [2.05, 4.69) is 9.97 Å². The van der Waals surface area contributed by atoms with E-state index in [4.69, 9.17) is 4.74 Å². The third-order valence-corrected chi connectivity index (χ3v) is 8.29. The van der Waals surface area contributed by atoms with Gasteiger partial charge in [-0.15, -0.1) is 0 Å². The zero-order valence-electron chi connectivity index (χ0n) is 18.6. The third kappa shape index (κ3) is 4.81. The Hall–Kier alpha value is -2.34. The van der Waals surface area contributed by atoms with Gasteiger partial charge in [0.25, 0.3) is 0 Å². The molecule has 2 saturated heterocycles. The summed E-state index contributed by atoms with van der Waals surface area (Å²) >= 11 is 0. The van der Waals surface area contributed by atoms with Gasteiger partial charge in [-0.05, 0) is 51.2 Å². The van der Waals surface area contributed by atoms with Crippen molar-refractivity contribution in [3.05, 3.63) is 29.6 Å². The fraction of sp³-hybridized carbons (Fsp3) is 0.619. The molecule has 0 saturated carbocycles. The zero-order valence-corrected chi connectivity index (χ0v) is 19.5. The monoisotopic (exact) mass is 488 g/mol. The van der Waals surface area contributed by atoms with Crippen molar-refractivity contribution in [2.45, 2.75) is 56.6 Å². The zero-order chi connectivity index (χ0) is 24.2. The van der Waals surface area contributed by atoms with E-state index in [1.165, 1.54) is 9.21 Å². The van der Waals surface area contributed by atoms with Crippen molar-refractivity contribution in [3.8, 4) is 0 Å². The first kappa shape index (κ1) is 23.8. The van der Waals surface area contributed by atoms with E-state index >= 15 is 0 Å². The lowest BCUT2D eigenvalue weighted by atomic mass is 9.90. The Kier molecular flexibility index (Phi) is 5.88. The molecule has 2 aromatic heterocycles. The molecule has 2 aliphatic heterocycles. The number of pyridine rings is 1. The lowest BCUT2D eigenvalue weighted by Crippen LogP contribution is -2.61. The van der Waals surface area contributed by atoms with E-state index < -0.39 is 38.7 Å². The highest BCUT2D eigenvalue weighted by Gasteiger charge is 2.45. The Morgan fingerprint density at radius 3 is 2.39 bits per heavy atom. The second-order valence-corrected chi connectivity index (χ2v) is 11.8. The minimum absolute atomic E-state index is 0.0739. The van der Waals surface area contributed by atoms with E-state index in [-0.39, 0.29) is 32.1 Å².